The summed E-state index contributed by atoms with van der Waals surface area (Å²) in [4.78, 5) is 5.63. The Morgan fingerprint density at radius 2 is 2.37 bits per heavy atom. The Morgan fingerprint density at radius 3 is 3.16 bits per heavy atom. The van der Waals surface area contributed by atoms with Gasteiger partial charge < -0.3 is 10.4 Å². The molecule has 0 saturated carbocycles. The van der Waals surface area contributed by atoms with E-state index in [-0.39, 0.29) is 0 Å². The molecule has 4 heteroatoms. The van der Waals surface area contributed by atoms with E-state index in [2.05, 4.69) is 17.2 Å². The lowest BCUT2D eigenvalue weighted by molar-refractivity contribution is 0.445. The molecule has 3 rings (SSSR count). The summed E-state index contributed by atoms with van der Waals surface area (Å²) in [7, 11) is 0. The van der Waals surface area contributed by atoms with Crippen molar-refractivity contribution in [3.8, 4) is 5.75 Å². The van der Waals surface area contributed by atoms with Gasteiger partial charge in [-0.15, -0.1) is 11.3 Å². The maximum atomic E-state index is 9.66. The molecular formula is C15H18N2OS. The van der Waals surface area contributed by atoms with Gasteiger partial charge in [0.2, 0.25) is 0 Å². The van der Waals surface area contributed by atoms with Crippen molar-refractivity contribution in [2.45, 2.75) is 38.8 Å². The van der Waals surface area contributed by atoms with Gasteiger partial charge in [0.05, 0.1) is 0 Å². The van der Waals surface area contributed by atoms with E-state index in [1.807, 2.05) is 18.3 Å². The van der Waals surface area contributed by atoms with Crippen LogP contribution < -0.4 is 5.32 Å². The first-order chi connectivity index (χ1) is 9.22. The fourth-order valence-corrected chi connectivity index (χ4v) is 3.43. The van der Waals surface area contributed by atoms with Crippen molar-refractivity contribution in [1.29, 1.82) is 0 Å². The number of phenolic OH excluding ortho intramolecular Hbond substituents is 1. The first-order valence-electron chi connectivity index (χ1n) is 6.69. The zero-order valence-corrected chi connectivity index (χ0v) is 11.8. The van der Waals surface area contributed by atoms with Gasteiger partial charge in [-0.25, -0.2) is 4.98 Å². The lowest BCUT2D eigenvalue weighted by Crippen LogP contribution is -2.24. The van der Waals surface area contributed by atoms with Gasteiger partial charge in [0.25, 0.3) is 0 Å². The van der Waals surface area contributed by atoms with Gasteiger partial charge in [-0.3, -0.25) is 0 Å². The Hall–Kier alpha value is -1.39. The van der Waals surface area contributed by atoms with E-state index in [0.717, 1.165) is 24.4 Å². The summed E-state index contributed by atoms with van der Waals surface area (Å²) in [5, 5.41) is 14.4. The number of benzene rings is 1. The van der Waals surface area contributed by atoms with Crippen LogP contribution in [0.3, 0.4) is 0 Å². The summed E-state index contributed by atoms with van der Waals surface area (Å²) in [6.07, 6.45) is 5.36. The number of aromatic hydroxyl groups is 1. The van der Waals surface area contributed by atoms with E-state index < -0.39 is 0 Å². The van der Waals surface area contributed by atoms with Crippen LogP contribution in [0.15, 0.2) is 24.4 Å². The van der Waals surface area contributed by atoms with Crippen LogP contribution in [-0.2, 0) is 13.0 Å². The maximum absolute atomic E-state index is 9.66. The molecule has 0 aliphatic heterocycles. The number of fused-ring (bicyclic) bond motifs is 1. The van der Waals surface area contributed by atoms with Crippen molar-refractivity contribution in [3.63, 3.8) is 0 Å². The highest BCUT2D eigenvalue weighted by molar-refractivity contribution is 7.11. The Kier molecular flexibility index (Phi) is 3.53. The molecule has 2 N–H and O–H groups in total. The fourth-order valence-electron chi connectivity index (χ4n) is 2.69. The lowest BCUT2D eigenvalue weighted by atomic mass is 9.87. The molecule has 100 valence electrons. The van der Waals surface area contributed by atoms with E-state index >= 15 is 0 Å². The van der Waals surface area contributed by atoms with Crippen LogP contribution in [0.4, 0.5) is 0 Å². The molecule has 3 nitrogen and oxygen atoms in total. The zero-order valence-electron chi connectivity index (χ0n) is 11.0. The third-order valence-electron chi connectivity index (χ3n) is 3.61. The minimum Gasteiger partial charge on any atom is -0.508 e. The first kappa shape index (κ1) is 12.6. The summed E-state index contributed by atoms with van der Waals surface area (Å²) in [5.74, 6) is 0.359. The average Bonchev–Trinajstić information content (AvgIpc) is 2.82. The van der Waals surface area contributed by atoms with Gasteiger partial charge >= 0.3 is 0 Å². The van der Waals surface area contributed by atoms with Crippen LogP contribution >= 0.6 is 11.3 Å². The number of aryl methyl sites for hydroxylation is 2. The molecule has 0 amide bonds. The second-order valence-corrected chi connectivity index (χ2v) is 6.39. The van der Waals surface area contributed by atoms with Crippen molar-refractivity contribution in [2.75, 3.05) is 0 Å². The lowest BCUT2D eigenvalue weighted by Gasteiger charge is -2.26. The molecule has 1 unspecified atom stereocenters. The molecule has 1 aliphatic carbocycles. The molecule has 1 heterocycles. The molecule has 0 radical (unpaired) electrons. The van der Waals surface area contributed by atoms with Crippen molar-refractivity contribution >= 4 is 11.3 Å². The van der Waals surface area contributed by atoms with Gasteiger partial charge in [-0.05, 0) is 49.4 Å². The van der Waals surface area contributed by atoms with Crippen molar-refractivity contribution < 1.29 is 5.11 Å². The third-order valence-corrected chi connectivity index (χ3v) is 4.53. The zero-order chi connectivity index (χ0) is 13.2. The van der Waals surface area contributed by atoms with Crippen LogP contribution in [0, 0.1) is 6.92 Å². The standard InChI is InChI=1S/C15H18N2OS/c1-10-8-17-15(19-10)9-16-14-4-2-3-11-5-6-12(18)7-13(11)14/h5-8,14,16,18H,2-4,9H2,1H3. The maximum Gasteiger partial charge on any atom is 0.115 e. The molecule has 19 heavy (non-hydrogen) atoms. The monoisotopic (exact) mass is 274 g/mol. The molecule has 0 spiro atoms. The minimum absolute atomic E-state index is 0.333. The molecule has 1 atom stereocenters. The van der Waals surface area contributed by atoms with Gasteiger partial charge in [0.15, 0.2) is 0 Å². The highest BCUT2D eigenvalue weighted by atomic mass is 32.1. The van der Waals surface area contributed by atoms with Crippen LogP contribution in [0.1, 0.15) is 39.9 Å². The molecule has 2 aromatic rings. The Morgan fingerprint density at radius 1 is 1.47 bits per heavy atom. The van der Waals surface area contributed by atoms with E-state index in [9.17, 15) is 5.11 Å². The number of nitrogens with zero attached hydrogens (tertiary/aromatic N) is 1. The number of nitrogens with one attached hydrogen (secondary N) is 1. The molecule has 1 aromatic carbocycles. The van der Waals surface area contributed by atoms with Gasteiger partial charge in [-0.2, -0.15) is 0 Å². The second kappa shape index (κ2) is 5.31. The Labute approximate surface area is 117 Å². The molecule has 1 aromatic heterocycles. The topological polar surface area (TPSA) is 45.2 Å². The predicted octanol–water partition coefficient (Wildman–Crippen LogP) is 3.32. The van der Waals surface area contributed by atoms with E-state index in [1.54, 1.807) is 17.4 Å². The largest absolute Gasteiger partial charge is 0.508 e. The van der Waals surface area contributed by atoms with Gasteiger partial charge in [0.1, 0.15) is 10.8 Å². The predicted molar refractivity (Wildman–Crippen MR) is 77.5 cm³/mol. The van der Waals surface area contributed by atoms with Crippen LogP contribution in [0.25, 0.3) is 0 Å². The first-order valence-corrected chi connectivity index (χ1v) is 7.50. The van der Waals surface area contributed by atoms with Crippen molar-refractivity contribution in [2.24, 2.45) is 0 Å². The fraction of sp³-hybridized carbons (Fsp3) is 0.400. The Bertz CT molecular complexity index is 579. The molecule has 0 saturated heterocycles. The highest BCUT2D eigenvalue weighted by Crippen LogP contribution is 2.32. The molecule has 1 aliphatic rings. The van der Waals surface area contributed by atoms with Gasteiger partial charge in [0, 0.05) is 23.7 Å². The summed E-state index contributed by atoms with van der Waals surface area (Å²) in [6, 6.07) is 6.07. The normalized spacial score (nSPS) is 18.3. The van der Waals surface area contributed by atoms with E-state index in [4.69, 9.17) is 0 Å². The summed E-state index contributed by atoms with van der Waals surface area (Å²) < 4.78 is 0. The number of thiazole rings is 1. The summed E-state index contributed by atoms with van der Waals surface area (Å²) in [6.45, 7) is 2.88. The van der Waals surface area contributed by atoms with Crippen molar-refractivity contribution in [1.82, 2.24) is 10.3 Å². The van der Waals surface area contributed by atoms with E-state index in [0.29, 0.717) is 11.8 Å². The number of aromatic nitrogens is 1. The van der Waals surface area contributed by atoms with Crippen LogP contribution in [0.5, 0.6) is 5.75 Å². The van der Waals surface area contributed by atoms with E-state index in [1.165, 1.54) is 22.4 Å². The smallest absolute Gasteiger partial charge is 0.115 e. The van der Waals surface area contributed by atoms with Crippen LogP contribution in [-0.4, -0.2) is 10.1 Å². The summed E-state index contributed by atoms with van der Waals surface area (Å²) >= 11 is 1.74. The number of hydrogen-bond acceptors (Lipinski definition) is 4. The molecule has 0 bridgehead atoms. The average molecular weight is 274 g/mol. The van der Waals surface area contributed by atoms with Crippen LogP contribution in [0.2, 0.25) is 0 Å². The Balaban J connectivity index is 1.74. The minimum atomic E-state index is 0.333. The van der Waals surface area contributed by atoms with Crippen molar-refractivity contribution in [3.05, 3.63) is 45.4 Å². The number of phenols is 1. The molecule has 0 fully saturated rings. The number of rotatable bonds is 3. The summed E-state index contributed by atoms with van der Waals surface area (Å²) in [5.41, 5.74) is 2.61. The third kappa shape index (κ3) is 2.80. The number of hydrogen-bond donors (Lipinski definition) is 2. The highest BCUT2D eigenvalue weighted by Gasteiger charge is 2.20. The quantitative estimate of drug-likeness (QED) is 0.902. The SMILES string of the molecule is Cc1cnc(CNC2CCCc3ccc(O)cc32)s1. The molecular weight excluding hydrogens is 256 g/mol. The van der Waals surface area contributed by atoms with Gasteiger partial charge in [-0.1, -0.05) is 6.07 Å². The second-order valence-electron chi connectivity index (χ2n) is 5.07.